The fourth-order valence-electron chi connectivity index (χ4n) is 8.00. The van der Waals surface area contributed by atoms with Crippen molar-refractivity contribution in [3.8, 4) is 0 Å². The van der Waals surface area contributed by atoms with Gasteiger partial charge in [0.1, 0.15) is 11.0 Å². The van der Waals surface area contributed by atoms with E-state index >= 15 is 0 Å². The number of hydrogen-bond donors (Lipinski definition) is 2. The molecular weight excluding hydrogens is 765 g/mol. The number of para-hydroxylation sites is 1. The van der Waals surface area contributed by atoms with Crippen LogP contribution >= 0.6 is 0 Å². The molecule has 308 valence electrons. The number of rotatable bonds is 16. The summed E-state index contributed by atoms with van der Waals surface area (Å²) < 4.78 is 17.8. The van der Waals surface area contributed by atoms with E-state index < -0.39 is 11.0 Å². The van der Waals surface area contributed by atoms with Gasteiger partial charge in [-0.25, -0.2) is 13.5 Å². The van der Waals surface area contributed by atoms with Gasteiger partial charge < -0.3 is 10.2 Å². The van der Waals surface area contributed by atoms with Crippen LogP contribution in [0, 0.1) is 0 Å². The summed E-state index contributed by atoms with van der Waals surface area (Å²) in [6.07, 6.45) is 10.6. The molecule has 2 aliphatic heterocycles. The molecule has 2 fully saturated rings. The van der Waals surface area contributed by atoms with Crippen molar-refractivity contribution in [3.63, 3.8) is 0 Å². The third-order valence-electron chi connectivity index (χ3n) is 11.2. The highest BCUT2D eigenvalue weighted by molar-refractivity contribution is 7.82. The quantitative estimate of drug-likeness (QED) is 0.118. The van der Waals surface area contributed by atoms with E-state index in [2.05, 4.69) is 50.8 Å². The van der Waals surface area contributed by atoms with Gasteiger partial charge in [0.2, 0.25) is 24.7 Å². The number of likely N-dealkylation sites (tertiary alicyclic amines) is 1. The van der Waals surface area contributed by atoms with Gasteiger partial charge in [0.25, 0.3) is 0 Å². The molecule has 0 aliphatic carbocycles. The minimum atomic E-state index is -1.27. The largest absolute Gasteiger partial charge is 0.357 e. The molecule has 5 aromatic rings. The van der Waals surface area contributed by atoms with Crippen molar-refractivity contribution in [1.29, 1.82) is 0 Å². The zero-order valence-corrected chi connectivity index (χ0v) is 34.7. The lowest BCUT2D eigenvalue weighted by molar-refractivity contribution is -0.125. The summed E-state index contributed by atoms with van der Waals surface area (Å²) in [6, 6.07) is 24.3. The number of nitrogens with zero attached hydrogens (tertiary/aromatic N) is 8. The van der Waals surface area contributed by atoms with Gasteiger partial charge in [-0.2, -0.15) is 10.1 Å². The molecule has 7 rings (SSSR count). The minimum Gasteiger partial charge on any atom is -0.357 e. The van der Waals surface area contributed by atoms with E-state index in [1.165, 1.54) is 10.5 Å². The Balaban J connectivity index is 0.909. The van der Waals surface area contributed by atoms with Gasteiger partial charge in [-0.05, 0) is 99.1 Å². The van der Waals surface area contributed by atoms with Crippen LogP contribution in [0.4, 0.5) is 23.3 Å². The van der Waals surface area contributed by atoms with Crippen molar-refractivity contribution in [1.82, 2.24) is 34.3 Å². The number of carbonyl (C=O) groups is 3. The maximum atomic E-state index is 13.8. The highest BCUT2D eigenvalue weighted by atomic mass is 32.2. The van der Waals surface area contributed by atoms with Gasteiger partial charge in [0.15, 0.2) is 11.6 Å². The first-order chi connectivity index (χ1) is 28.7. The van der Waals surface area contributed by atoms with Crippen molar-refractivity contribution in [2.75, 3.05) is 54.9 Å². The highest BCUT2D eigenvalue weighted by Crippen LogP contribution is 2.34. The molecule has 59 heavy (non-hydrogen) atoms. The second-order valence-corrected chi connectivity index (χ2v) is 16.6. The molecule has 4 heterocycles. The standard InChI is InChI=1S/C44H52N10O4S/c1-4-9-35-28-45-44(48-42(35)54(31-56)37-11-6-5-7-12-37)47-36-18-24-53(25-19-36)59(58)38-13-8-10-32(26-38)29-52-22-16-33(17-23-52)34-14-15-39-40(27-34)51(3)49-43(39)50(2)21-20-41(57)46-30-55/h4-15,26-28,30-31,33,36H,16-25,29H2,1-3H3,(H,45,47,48)(H,46,55,57)/b9-4-. The van der Waals surface area contributed by atoms with E-state index in [1.54, 1.807) is 6.20 Å². The summed E-state index contributed by atoms with van der Waals surface area (Å²) in [5.41, 5.74) is 4.99. The summed E-state index contributed by atoms with van der Waals surface area (Å²) >= 11 is 0. The van der Waals surface area contributed by atoms with Gasteiger partial charge in [-0.1, -0.05) is 48.6 Å². The lowest BCUT2D eigenvalue weighted by Crippen LogP contribution is -2.40. The number of aromatic nitrogens is 4. The molecule has 0 saturated carbocycles. The van der Waals surface area contributed by atoms with Gasteiger partial charge >= 0.3 is 0 Å². The molecule has 15 heteroatoms. The first-order valence-electron chi connectivity index (χ1n) is 20.2. The lowest BCUT2D eigenvalue weighted by atomic mass is 9.89. The van der Waals surface area contributed by atoms with Crippen LogP contribution in [-0.2, 0) is 39.0 Å². The molecule has 14 nitrogen and oxygen atoms in total. The van der Waals surface area contributed by atoms with Crippen LogP contribution in [0.5, 0.6) is 0 Å². The molecule has 1 unspecified atom stereocenters. The Morgan fingerprint density at radius 2 is 1.73 bits per heavy atom. The first-order valence-corrected chi connectivity index (χ1v) is 21.3. The molecule has 3 amide bonds. The molecule has 1 atom stereocenters. The lowest BCUT2D eigenvalue weighted by Gasteiger charge is -2.33. The van der Waals surface area contributed by atoms with E-state index in [-0.39, 0.29) is 18.4 Å². The van der Waals surface area contributed by atoms with Crippen molar-refractivity contribution in [2.24, 2.45) is 7.05 Å². The van der Waals surface area contributed by atoms with Crippen LogP contribution in [0.2, 0.25) is 0 Å². The fraction of sp³-hybridized carbons (Fsp3) is 0.364. The minimum absolute atomic E-state index is 0.103. The number of allylic oxidation sites excluding steroid dienone is 1. The third kappa shape index (κ3) is 9.92. The van der Waals surface area contributed by atoms with E-state index in [0.717, 1.165) is 90.2 Å². The average Bonchev–Trinajstić information content (AvgIpc) is 3.60. The zero-order chi connectivity index (χ0) is 41.3. The second-order valence-electron chi connectivity index (χ2n) is 15.2. The van der Waals surface area contributed by atoms with Crippen LogP contribution < -0.4 is 20.4 Å². The van der Waals surface area contributed by atoms with Gasteiger partial charge in [-0.15, -0.1) is 0 Å². The summed E-state index contributed by atoms with van der Waals surface area (Å²) in [4.78, 5) is 50.7. The summed E-state index contributed by atoms with van der Waals surface area (Å²) in [5, 5.41) is 11.4. The summed E-state index contributed by atoms with van der Waals surface area (Å²) in [5.74, 6) is 1.91. The van der Waals surface area contributed by atoms with Crippen LogP contribution in [0.15, 0.2) is 90.0 Å². The number of piperidine rings is 2. The van der Waals surface area contributed by atoms with E-state index in [9.17, 15) is 18.6 Å². The average molecular weight is 817 g/mol. The molecule has 2 aliphatic rings. The van der Waals surface area contributed by atoms with Crippen molar-refractivity contribution in [2.45, 2.75) is 62.4 Å². The van der Waals surface area contributed by atoms with Crippen LogP contribution in [0.25, 0.3) is 17.0 Å². The molecule has 2 saturated heterocycles. The number of carbonyl (C=O) groups excluding carboxylic acids is 3. The number of anilines is 4. The number of fused-ring (bicyclic) bond motifs is 1. The Morgan fingerprint density at radius 3 is 2.46 bits per heavy atom. The topological polar surface area (TPSA) is 149 Å². The van der Waals surface area contributed by atoms with Gasteiger partial charge in [0.05, 0.1) is 16.1 Å². The van der Waals surface area contributed by atoms with Crippen molar-refractivity contribution >= 4 is 70.0 Å². The van der Waals surface area contributed by atoms with Crippen molar-refractivity contribution < 1.29 is 18.6 Å². The normalized spacial score (nSPS) is 16.3. The molecule has 2 N–H and O–H groups in total. The molecular formula is C44H52N10O4S. The number of hydrogen-bond acceptors (Lipinski definition) is 10. The van der Waals surface area contributed by atoms with Crippen LogP contribution in [0.1, 0.15) is 61.6 Å². The third-order valence-corrected chi connectivity index (χ3v) is 12.7. The maximum Gasteiger partial charge on any atom is 0.228 e. The molecule has 0 radical (unpaired) electrons. The Bertz CT molecular complexity index is 2300. The predicted octanol–water partition coefficient (Wildman–Crippen LogP) is 5.77. The summed E-state index contributed by atoms with van der Waals surface area (Å²) in [7, 11) is 2.58. The fourth-order valence-corrected chi connectivity index (χ4v) is 9.29. The van der Waals surface area contributed by atoms with Gasteiger partial charge in [0, 0.05) is 69.9 Å². The second kappa shape index (κ2) is 19.3. The Hall–Kier alpha value is -5.77. The maximum absolute atomic E-state index is 13.8. The SMILES string of the molecule is C/C=C\c1cnc(NC2CCN(S(=O)c3cccc(CN4CCC(c5ccc6c(N(C)CCC(=O)NC=O)nn(C)c6c5)CC4)c3)CC2)nc1N(C=O)c1ccccc1. The molecule has 3 aromatic carbocycles. The number of benzene rings is 3. The van der Waals surface area contributed by atoms with Crippen LogP contribution in [0.3, 0.4) is 0 Å². The number of imide groups is 1. The Kier molecular flexibility index (Phi) is 13.6. The van der Waals surface area contributed by atoms with Gasteiger partial charge in [-0.3, -0.25) is 34.2 Å². The highest BCUT2D eigenvalue weighted by Gasteiger charge is 2.26. The predicted molar refractivity (Wildman–Crippen MR) is 233 cm³/mol. The van der Waals surface area contributed by atoms with Crippen LogP contribution in [-0.4, -0.2) is 97.7 Å². The number of aryl methyl sites for hydroxylation is 1. The summed E-state index contributed by atoms with van der Waals surface area (Å²) in [6.45, 7) is 6.46. The zero-order valence-electron chi connectivity index (χ0n) is 33.9. The first kappa shape index (κ1) is 41.4. The molecule has 2 aromatic heterocycles. The Morgan fingerprint density at radius 1 is 0.949 bits per heavy atom. The Labute approximate surface area is 347 Å². The van der Waals surface area contributed by atoms with E-state index in [0.29, 0.717) is 43.7 Å². The number of amides is 3. The van der Waals surface area contributed by atoms with Crippen molar-refractivity contribution in [3.05, 3.63) is 102 Å². The molecule has 0 spiro atoms. The molecule has 0 bridgehead atoms. The monoisotopic (exact) mass is 816 g/mol. The number of nitrogens with one attached hydrogen (secondary N) is 2. The smallest absolute Gasteiger partial charge is 0.228 e. The van der Waals surface area contributed by atoms with E-state index in [1.807, 2.05) is 89.5 Å². The van der Waals surface area contributed by atoms with E-state index in [4.69, 9.17) is 10.1 Å².